The third kappa shape index (κ3) is 4.71. The number of carbonyl (C=O) groups is 1. The highest BCUT2D eigenvalue weighted by molar-refractivity contribution is 6.00. The standard InChI is InChI=1S/C26H26FN7O2/c1-34-11-3-4-16(14-34)15-5-7-21(22(12-15)36-2)31-26-32-24-18(9-10-29-24)25(33-26)30-20-8-6-17(27)13-19(20)23(28)35/h4-10,12-13H,3,11,14H2,1-2H3,(H2,28,35)(H3,29,30,31,32,33). The number of anilines is 4. The normalized spacial score (nSPS) is 13.9. The van der Waals surface area contributed by atoms with Gasteiger partial charge in [-0.25, -0.2) is 4.39 Å². The average molecular weight is 488 g/mol. The zero-order valence-electron chi connectivity index (χ0n) is 19.9. The summed E-state index contributed by atoms with van der Waals surface area (Å²) in [5.74, 6) is 0.0683. The molecule has 36 heavy (non-hydrogen) atoms. The van der Waals surface area contributed by atoms with E-state index in [1.807, 2.05) is 18.2 Å². The molecule has 0 saturated heterocycles. The van der Waals surface area contributed by atoms with Crippen molar-refractivity contribution in [1.82, 2.24) is 19.9 Å². The van der Waals surface area contributed by atoms with Crippen molar-refractivity contribution in [3.05, 3.63) is 71.7 Å². The highest BCUT2D eigenvalue weighted by atomic mass is 19.1. The second-order valence-electron chi connectivity index (χ2n) is 8.61. The average Bonchev–Trinajstić information content (AvgIpc) is 3.34. The number of nitrogens with two attached hydrogens (primary N) is 1. The topological polar surface area (TPSA) is 121 Å². The molecule has 184 valence electrons. The van der Waals surface area contributed by atoms with Crippen molar-refractivity contribution in [3.63, 3.8) is 0 Å². The van der Waals surface area contributed by atoms with Crippen LogP contribution in [0, 0.1) is 5.82 Å². The number of H-pyrrole nitrogens is 1. The third-order valence-corrected chi connectivity index (χ3v) is 6.08. The molecule has 10 heteroatoms. The van der Waals surface area contributed by atoms with Crippen molar-refractivity contribution >= 4 is 45.7 Å². The van der Waals surface area contributed by atoms with Crippen LogP contribution in [0.2, 0.25) is 0 Å². The summed E-state index contributed by atoms with van der Waals surface area (Å²) in [7, 11) is 3.73. The van der Waals surface area contributed by atoms with E-state index in [1.165, 1.54) is 17.7 Å². The SMILES string of the molecule is COc1cc(C2=CCCN(C)C2)ccc1Nc1nc(Nc2ccc(F)cc2C(N)=O)c2cc[nH]c2n1. The number of carbonyl (C=O) groups excluding carboxylic acids is 1. The number of nitrogens with one attached hydrogen (secondary N) is 3. The second-order valence-corrected chi connectivity index (χ2v) is 8.61. The van der Waals surface area contributed by atoms with Crippen molar-refractivity contribution in [2.45, 2.75) is 6.42 Å². The van der Waals surface area contributed by atoms with Crippen molar-refractivity contribution < 1.29 is 13.9 Å². The van der Waals surface area contributed by atoms with Crippen LogP contribution in [0.25, 0.3) is 16.6 Å². The summed E-state index contributed by atoms with van der Waals surface area (Å²) < 4.78 is 19.4. The van der Waals surface area contributed by atoms with E-state index in [4.69, 9.17) is 10.5 Å². The van der Waals surface area contributed by atoms with Gasteiger partial charge in [0.2, 0.25) is 5.95 Å². The van der Waals surface area contributed by atoms with Crippen LogP contribution >= 0.6 is 0 Å². The van der Waals surface area contributed by atoms with Crippen LogP contribution in [0.4, 0.5) is 27.5 Å². The van der Waals surface area contributed by atoms with Crippen LogP contribution in [-0.2, 0) is 0 Å². The van der Waals surface area contributed by atoms with Crippen LogP contribution < -0.4 is 21.1 Å². The molecular formula is C26H26FN7O2. The van der Waals surface area contributed by atoms with Gasteiger partial charge < -0.3 is 31.0 Å². The number of hydrogen-bond acceptors (Lipinski definition) is 7. The predicted molar refractivity (Wildman–Crippen MR) is 138 cm³/mol. The Bertz CT molecular complexity index is 1480. The monoisotopic (exact) mass is 487 g/mol. The Balaban J connectivity index is 1.48. The fraction of sp³-hybridized carbons (Fsp3) is 0.192. The van der Waals surface area contributed by atoms with Gasteiger partial charge in [-0.3, -0.25) is 4.79 Å². The number of likely N-dealkylation sites (N-methyl/N-ethyl adjacent to an activating group) is 1. The molecule has 0 unspecified atom stereocenters. The molecule has 2 aromatic carbocycles. The molecule has 3 heterocycles. The Hall–Kier alpha value is -4.44. The first-order valence-electron chi connectivity index (χ1n) is 11.5. The number of fused-ring (bicyclic) bond motifs is 1. The lowest BCUT2D eigenvalue weighted by molar-refractivity contribution is 0.100. The Morgan fingerprint density at radius 2 is 1.97 bits per heavy atom. The number of benzene rings is 2. The van der Waals surface area contributed by atoms with Gasteiger partial charge in [0.1, 0.15) is 23.0 Å². The highest BCUT2D eigenvalue weighted by Crippen LogP contribution is 2.33. The Kier molecular flexibility index (Phi) is 6.26. The largest absolute Gasteiger partial charge is 0.495 e. The molecular weight excluding hydrogens is 461 g/mol. The number of aromatic nitrogens is 3. The van der Waals surface area contributed by atoms with Gasteiger partial charge in [-0.15, -0.1) is 0 Å². The van der Waals surface area contributed by atoms with Gasteiger partial charge in [0.05, 0.1) is 29.4 Å². The lowest BCUT2D eigenvalue weighted by Crippen LogP contribution is -2.24. The summed E-state index contributed by atoms with van der Waals surface area (Å²) in [6.07, 6.45) is 5.01. The lowest BCUT2D eigenvalue weighted by atomic mass is 10.0. The fourth-order valence-corrected chi connectivity index (χ4v) is 4.27. The molecule has 5 rings (SSSR count). The number of ether oxygens (including phenoxy) is 1. The van der Waals surface area contributed by atoms with Crippen LogP contribution in [0.15, 0.2) is 54.7 Å². The molecule has 0 spiro atoms. The van der Waals surface area contributed by atoms with E-state index in [0.717, 1.165) is 31.1 Å². The second kappa shape index (κ2) is 9.67. The summed E-state index contributed by atoms with van der Waals surface area (Å²) in [5, 5.41) is 7.02. The predicted octanol–water partition coefficient (Wildman–Crippen LogP) is 4.41. The van der Waals surface area contributed by atoms with Gasteiger partial charge in [0.15, 0.2) is 0 Å². The molecule has 0 aliphatic carbocycles. The van der Waals surface area contributed by atoms with Crippen molar-refractivity contribution in [2.75, 3.05) is 37.9 Å². The minimum absolute atomic E-state index is 0.0201. The van der Waals surface area contributed by atoms with E-state index in [-0.39, 0.29) is 5.56 Å². The molecule has 4 aromatic rings. The molecule has 1 aliphatic rings. The van der Waals surface area contributed by atoms with E-state index in [1.54, 1.807) is 19.4 Å². The summed E-state index contributed by atoms with van der Waals surface area (Å²) in [5.41, 5.74) is 9.43. The van der Waals surface area contributed by atoms with Crippen molar-refractivity contribution in [3.8, 4) is 5.75 Å². The zero-order valence-corrected chi connectivity index (χ0v) is 19.9. The Morgan fingerprint density at radius 3 is 2.75 bits per heavy atom. The first-order chi connectivity index (χ1) is 17.4. The van der Waals surface area contributed by atoms with Crippen molar-refractivity contribution in [1.29, 1.82) is 0 Å². The summed E-state index contributed by atoms with van der Waals surface area (Å²) in [4.78, 5) is 26.4. The molecule has 0 fully saturated rings. The van der Waals surface area contributed by atoms with E-state index in [9.17, 15) is 9.18 Å². The first-order valence-corrected chi connectivity index (χ1v) is 11.5. The van der Waals surface area contributed by atoms with Crippen LogP contribution in [0.1, 0.15) is 22.3 Å². The van der Waals surface area contributed by atoms with Crippen LogP contribution in [-0.4, -0.2) is 53.0 Å². The third-order valence-electron chi connectivity index (χ3n) is 6.08. The number of halogens is 1. The molecule has 0 saturated carbocycles. The van der Waals surface area contributed by atoms with Gasteiger partial charge in [-0.1, -0.05) is 12.1 Å². The highest BCUT2D eigenvalue weighted by Gasteiger charge is 2.16. The molecule has 9 nitrogen and oxygen atoms in total. The lowest BCUT2D eigenvalue weighted by Gasteiger charge is -2.23. The van der Waals surface area contributed by atoms with Gasteiger partial charge in [0.25, 0.3) is 5.91 Å². The van der Waals surface area contributed by atoms with E-state index in [0.29, 0.717) is 39.9 Å². The minimum atomic E-state index is -0.751. The number of amides is 1. The maximum absolute atomic E-state index is 13.7. The summed E-state index contributed by atoms with van der Waals surface area (Å²) in [6.45, 7) is 1.93. The molecule has 1 aliphatic heterocycles. The number of primary amides is 1. The zero-order chi connectivity index (χ0) is 25.2. The number of methoxy groups -OCH3 is 1. The van der Waals surface area contributed by atoms with Crippen LogP contribution in [0.5, 0.6) is 5.75 Å². The first kappa shape index (κ1) is 23.3. The molecule has 1 amide bonds. The summed E-state index contributed by atoms with van der Waals surface area (Å²) in [6, 6.07) is 11.6. The van der Waals surface area contributed by atoms with E-state index < -0.39 is 11.7 Å². The van der Waals surface area contributed by atoms with Crippen LogP contribution in [0.3, 0.4) is 0 Å². The van der Waals surface area contributed by atoms with Gasteiger partial charge >= 0.3 is 0 Å². The Morgan fingerprint density at radius 1 is 1.14 bits per heavy atom. The van der Waals surface area contributed by atoms with Gasteiger partial charge in [-0.2, -0.15) is 9.97 Å². The minimum Gasteiger partial charge on any atom is -0.495 e. The maximum atomic E-state index is 13.7. The number of rotatable bonds is 7. The van der Waals surface area contributed by atoms with E-state index >= 15 is 0 Å². The van der Waals surface area contributed by atoms with Crippen molar-refractivity contribution in [2.24, 2.45) is 5.73 Å². The molecule has 2 aromatic heterocycles. The molecule has 0 bridgehead atoms. The molecule has 0 radical (unpaired) electrons. The maximum Gasteiger partial charge on any atom is 0.250 e. The molecule has 0 atom stereocenters. The fourth-order valence-electron chi connectivity index (χ4n) is 4.27. The number of aromatic amines is 1. The van der Waals surface area contributed by atoms with Gasteiger partial charge in [-0.05, 0) is 61.0 Å². The Labute approximate surface area is 207 Å². The van der Waals surface area contributed by atoms with Gasteiger partial charge in [0, 0.05) is 19.3 Å². The number of hydrogen-bond donors (Lipinski definition) is 4. The summed E-state index contributed by atoms with van der Waals surface area (Å²) >= 11 is 0. The smallest absolute Gasteiger partial charge is 0.250 e. The quantitative estimate of drug-likeness (QED) is 0.305. The number of nitrogens with zero attached hydrogens (tertiary/aromatic N) is 3. The molecule has 5 N–H and O–H groups in total. The van der Waals surface area contributed by atoms with E-state index in [2.05, 4.69) is 43.6 Å².